The molecule has 4 rings (SSSR count). The number of hydrogen-bond donors (Lipinski definition) is 1. The smallest absolute Gasteiger partial charge is 0.155 e. The lowest BCUT2D eigenvalue weighted by atomic mass is 9.97. The van der Waals surface area contributed by atoms with Crippen LogP contribution in [0.15, 0.2) is 23.2 Å². The number of rotatable bonds is 3. The van der Waals surface area contributed by atoms with Crippen molar-refractivity contribution in [2.75, 3.05) is 13.1 Å². The Morgan fingerprint density at radius 3 is 3.14 bits per heavy atom. The highest BCUT2D eigenvalue weighted by atomic mass is 79.9. The first-order valence-corrected chi connectivity index (χ1v) is 8.54. The van der Waals surface area contributed by atoms with Gasteiger partial charge in [0, 0.05) is 24.8 Å². The summed E-state index contributed by atoms with van der Waals surface area (Å²) < 4.78 is 2.95. The first kappa shape index (κ1) is 13.7. The van der Waals surface area contributed by atoms with E-state index in [4.69, 9.17) is 0 Å². The Labute approximate surface area is 132 Å². The zero-order chi connectivity index (χ0) is 14.2. The van der Waals surface area contributed by atoms with E-state index in [2.05, 4.69) is 40.5 Å². The van der Waals surface area contributed by atoms with Crippen LogP contribution in [0.4, 0.5) is 0 Å². The van der Waals surface area contributed by atoms with E-state index < -0.39 is 0 Å². The molecule has 0 bridgehead atoms. The van der Waals surface area contributed by atoms with E-state index in [1.165, 1.54) is 44.5 Å². The molecule has 0 saturated carbocycles. The average molecular weight is 350 g/mol. The van der Waals surface area contributed by atoms with Crippen LogP contribution >= 0.6 is 15.9 Å². The molecule has 5 nitrogen and oxygen atoms in total. The van der Waals surface area contributed by atoms with Gasteiger partial charge in [0.1, 0.15) is 4.60 Å². The summed E-state index contributed by atoms with van der Waals surface area (Å²) in [5.74, 6) is 0. The summed E-state index contributed by atoms with van der Waals surface area (Å²) in [6.45, 7) is 3.44. The second-order valence-corrected chi connectivity index (χ2v) is 6.93. The quantitative estimate of drug-likeness (QED) is 0.922. The van der Waals surface area contributed by atoms with Gasteiger partial charge in [0.2, 0.25) is 0 Å². The van der Waals surface area contributed by atoms with Crippen molar-refractivity contribution >= 4 is 21.6 Å². The third kappa shape index (κ3) is 2.72. The molecule has 2 aromatic heterocycles. The summed E-state index contributed by atoms with van der Waals surface area (Å²) in [6.07, 6.45) is 11.0. The summed E-state index contributed by atoms with van der Waals surface area (Å²) in [6, 6.07) is 1.46. The fraction of sp³-hybridized carbons (Fsp3) is 0.600. The highest BCUT2D eigenvalue weighted by Crippen LogP contribution is 2.27. The molecule has 2 aliphatic heterocycles. The van der Waals surface area contributed by atoms with Gasteiger partial charge in [0.15, 0.2) is 5.65 Å². The summed E-state index contributed by atoms with van der Waals surface area (Å²) >= 11 is 3.42. The van der Waals surface area contributed by atoms with Gasteiger partial charge >= 0.3 is 0 Å². The fourth-order valence-corrected chi connectivity index (χ4v) is 4.01. The van der Waals surface area contributed by atoms with Crippen LogP contribution in [0.3, 0.4) is 0 Å². The molecule has 2 atom stereocenters. The predicted molar refractivity (Wildman–Crippen MR) is 85.1 cm³/mol. The van der Waals surface area contributed by atoms with Crippen molar-refractivity contribution in [1.82, 2.24) is 24.6 Å². The highest BCUT2D eigenvalue weighted by Gasteiger charge is 2.31. The average Bonchev–Trinajstić information content (AvgIpc) is 3.10. The molecule has 0 amide bonds. The van der Waals surface area contributed by atoms with E-state index >= 15 is 0 Å². The zero-order valence-electron chi connectivity index (χ0n) is 12.0. The minimum Gasteiger partial charge on any atom is -0.308 e. The van der Waals surface area contributed by atoms with Crippen LogP contribution < -0.4 is 5.32 Å². The van der Waals surface area contributed by atoms with Crippen LogP contribution in [0.5, 0.6) is 0 Å². The van der Waals surface area contributed by atoms with Crippen LogP contribution in [0, 0.1) is 0 Å². The Morgan fingerprint density at radius 1 is 1.24 bits per heavy atom. The zero-order valence-corrected chi connectivity index (χ0v) is 13.6. The van der Waals surface area contributed by atoms with Crippen molar-refractivity contribution in [2.24, 2.45) is 0 Å². The van der Waals surface area contributed by atoms with Crippen LogP contribution in [0.2, 0.25) is 0 Å². The summed E-state index contributed by atoms with van der Waals surface area (Å²) in [5, 5.41) is 3.73. The van der Waals surface area contributed by atoms with Gasteiger partial charge in [-0.2, -0.15) is 0 Å². The van der Waals surface area contributed by atoms with Crippen LogP contribution in [-0.2, 0) is 6.54 Å². The van der Waals surface area contributed by atoms with Crippen LogP contribution in [0.1, 0.15) is 31.4 Å². The SMILES string of the molecule is Brc1cn2c(CNC3CCN4CCCC4C3)cnc2cn1. The lowest BCUT2D eigenvalue weighted by Crippen LogP contribution is -2.45. The minimum atomic E-state index is 0.639. The monoisotopic (exact) mass is 349 g/mol. The van der Waals surface area contributed by atoms with Gasteiger partial charge in [-0.15, -0.1) is 0 Å². The molecule has 1 N–H and O–H groups in total. The molecule has 2 aromatic rings. The standard InChI is InChI=1S/C15H20BrN5/c16-14-10-21-13(8-19-15(21)9-18-14)7-17-11-3-5-20-4-1-2-12(20)6-11/h8-12,17H,1-7H2. The Balaban J connectivity index is 1.42. The molecule has 6 heteroatoms. The maximum absolute atomic E-state index is 4.41. The molecule has 2 unspecified atom stereocenters. The van der Waals surface area contributed by atoms with E-state index in [9.17, 15) is 0 Å². The van der Waals surface area contributed by atoms with Crippen molar-refractivity contribution in [1.29, 1.82) is 0 Å². The molecule has 2 aliphatic rings. The molecular formula is C15H20BrN5. The van der Waals surface area contributed by atoms with E-state index in [1.807, 2.05) is 12.4 Å². The Kier molecular flexibility index (Phi) is 3.69. The predicted octanol–water partition coefficient (Wildman–Crippen LogP) is 2.21. The van der Waals surface area contributed by atoms with Gasteiger partial charge in [0.05, 0.1) is 18.1 Å². The first-order chi connectivity index (χ1) is 10.3. The van der Waals surface area contributed by atoms with Crippen molar-refractivity contribution < 1.29 is 0 Å². The topological polar surface area (TPSA) is 45.5 Å². The Bertz CT molecular complexity index is 640. The Morgan fingerprint density at radius 2 is 2.19 bits per heavy atom. The molecular weight excluding hydrogens is 330 g/mol. The normalized spacial score (nSPS) is 26.3. The van der Waals surface area contributed by atoms with Crippen LogP contribution in [-0.4, -0.2) is 44.4 Å². The number of fused-ring (bicyclic) bond motifs is 2. The molecule has 0 aliphatic carbocycles. The van der Waals surface area contributed by atoms with Gasteiger partial charge in [-0.05, 0) is 54.7 Å². The highest BCUT2D eigenvalue weighted by molar-refractivity contribution is 9.10. The molecule has 0 radical (unpaired) electrons. The second kappa shape index (κ2) is 5.66. The molecule has 112 valence electrons. The molecule has 21 heavy (non-hydrogen) atoms. The molecule has 0 spiro atoms. The van der Waals surface area contributed by atoms with Crippen molar-refractivity contribution in [3.63, 3.8) is 0 Å². The third-order valence-electron chi connectivity index (χ3n) is 4.83. The second-order valence-electron chi connectivity index (χ2n) is 6.12. The largest absolute Gasteiger partial charge is 0.308 e. The Hall–Kier alpha value is -0.980. The van der Waals surface area contributed by atoms with Gasteiger partial charge in [-0.25, -0.2) is 9.97 Å². The number of imidazole rings is 1. The molecule has 2 fully saturated rings. The van der Waals surface area contributed by atoms with Gasteiger partial charge in [-0.3, -0.25) is 4.40 Å². The van der Waals surface area contributed by atoms with Gasteiger partial charge in [0.25, 0.3) is 0 Å². The molecule has 0 aromatic carbocycles. The summed E-state index contributed by atoms with van der Waals surface area (Å²) in [5.41, 5.74) is 2.10. The lowest BCUT2D eigenvalue weighted by molar-refractivity contribution is 0.166. The van der Waals surface area contributed by atoms with E-state index in [-0.39, 0.29) is 0 Å². The van der Waals surface area contributed by atoms with Crippen molar-refractivity contribution in [3.05, 3.63) is 28.9 Å². The molecule has 2 saturated heterocycles. The summed E-state index contributed by atoms with van der Waals surface area (Å²) in [7, 11) is 0. The number of nitrogens with zero attached hydrogens (tertiary/aromatic N) is 4. The number of hydrogen-bond acceptors (Lipinski definition) is 4. The number of aromatic nitrogens is 3. The van der Waals surface area contributed by atoms with Gasteiger partial charge < -0.3 is 10.2 Å². The molecule has 4 heterocycles. The van der Waals surface area contributed by atoms with E-state index in [1.54, 1.807) is 6.20 Å². The number of halogens is 1. The third-order valence-corrected chi connectivity index (χ3v) is 5.24. The maximum Gasteiger partial charge on any atom is 0.155 e. The lowest BCUT2D eigenvalue weighted by Gasteiger charge is -2.35. The fourth-order valence-electron chi connectivity index (χ4n) is 3.71. The minimum absolute atomic E-state index is 0.639. The van der Waals surface area contributed by atoms with Crippen molar-refractivity contribution in [2.45, 2.75) is 44.3 Å². The van der Waals surface area contributed by atoms with Crippen molar-refractivity contribution in [3.8, 4) is 0 Å². The van der Waals surface area contributed by atoms with E-state index in [0.29, 0.717) is 6.04 Å². The van der Waals surface area contributed by atoms with E-state index in [0.717, 1.165) is 22.8 Å². The number of piperidine rings is 1. The summed E-state index contributed by atoms with van der Waals surface area (Å²) in [4.78, 5) is 11.3. The maximum atomic E-state index is 4.41. The van der Waals surface area contributed by atoms with Gasteiger partial charge in [-0.1, -0.05) is 0 Å². The first-order valence-electron chi connectivity index (χ1n) is 7.74. The number of nitrogens with one attached hydrogen (secondary N) is 1. The van der Waals surface area contributed by atoms with Crippen LogP contribution in [0.25, 0.3) is 5.65 Å².